The SMILES string of the molecule is CC(=O)Nc1nc2c(s1)-c1c(c(-c3cccnc3)nn1-c1ccc([N+](=O)[O-])cc1F)CC2. The number of nitro benzene ring substituents is 1. The van der Waals surface area contributed by atoms with Crippen LogP contribution in [0.25, 0.3) is 27.5 Å². The van der Waals surface area contributed by atoms with Crippen molar-refractivity contribution in [2.24, 2.45) is 0 Å². The summed E-state index contributed by atoms with van der Waals surface area (Å²) in [6.07, 6.45) is 4.60. The number of anilines is 1. The highest BCUT2D eigenvalue weighted by Gasteiger charge is 2.31. The van der Waals surface area contributed by atoms with Crippen LogP contribution in [0.5, 0.6) is 0 Å². The summed E-state index contributed by atoms with van der Waals surface area (Å²) >= 11 is 1.29. The zero-order valence-electron chi connectivity index (χ0n) is 16.7. The van der Waals surface area contributed by atoms with E-state index in [1.54, 1.807) is 18.5 Å². The normalized spacial score (nSPS) is 12.2. The van der Waals surface area contributed by atoms with Gasteiger partial charge in [0.2, 0.25) is 5.91 Å². The molecule has 0 spiro atoms. The van der Waals surface area contributed by atoms with E-state index in [4.69, 9.17) is 5.10 Å². The van der Waals surface area contributed by atoms with Crippen molar-refractivity contribution in [1.82, 2.24) is 19.7 Å². The zero-order valence-corrected chi connectivity index (χ0v) is 17.5. The summed E-state index contributed by atoms with van der Waals surface area (Å²) in [5.41, 5.74) is 3.53. The van der Waals surface area contributed by atoms with E-state index in [0.29, 0.717) is 29.4 Å². The van der Waals surface area contributed by atoms with Crippen LogP contribution in [-0.4, -0.2) is 30.6 Å². The fraction of sp³-hybridized carbons (Fsp3) is 0.143. The Balaban J connectivity index is 1.75. The van der Waals surface area contributed by atoms with Crippen LogP contribution in [0.4, 0.5) is 15.2 Å². The smallest absolute Gasteiger partial charge is 0.272 e. The second kappa shape index (κ2) is 7.61. The van der Waals surface area contributed by atoms with Gasteiger partial charge in [0.25, 0.3) is 5.69 Å². The Kier molecular flexibility index (Phi) is 4.74. The van der Waals surface area contributed by atoms with E-state index in [-0.39, 0.29) is 17.3 Å². The number of rotatable bonds is 4. The fourth-order valence-corrected chi connectivity index (χ4v) is 4.88. The number of non-ortho nitro benzene ring substituents is 1. The molecule has 0 fully saturated rings. The van der Waals surface area contributed by atoms with E-state index in [1.165, 1.54) is 35.1 Å². The molecule has 0 unspecified atom stereocenters. The highest BCUT2D eigenvalue weighted by molar-refractivity contribution is 7.19. The van der Waals surface area contributed by atoms with Crippen LogP contribution in [0, 0.1) is 15.9 Å². The lowest BCUT2D eigenvalue weighted by atomic mass is 9.95. The minimum absolute atomic E-state index is 0.0873. The number of halogens is 1. The third-order valence-electron chi connectivity index (χ3n) is 5.10. The van der Waals surface area contributed by atoms with E-state index in [9.17, 15) is 19.3 Å². The molecule has 11 heteroatoms. The highest BCUT2D eigenvalue weighted by atomic mass is 32.1. The van der Waals surface area contributed by atoms with Crippen molar-refractivity contribution < 1.29 is 14.1 Å². The molecule has 3 aromatic heterocycles. The Morgan fingerprint density at radius 1 is 1.31 bits per heavy atom. The standard InChI is InChI=1S/C21H15FN6O3S/c1-11(29)24-21-25-16-6-5-14-18(12-3-2-8-23-10-12)26-27(19(14)20(16)32-21)17-7-4-13(28(30)31)9-15(17)22/h2-4,7-10H,5-6H2,1H3,(H,24,25,29). The van der Waals surface area contributed by atoms with Gasteiger partial charge >= 0.3 is 0 Å². The summed E-state index contributed by atoms with van der Waals surface area (Å²) in [7, 11) is 0. The van der Waals surface area contributed by atoms with Crippen LogP contribution in [0.3, 0.4) is 0 Å². The number of nitro groups is 1. The Bertz CT molecular complexity index is 1380. The Morgan fingerprint density at radius 3 is 2.84 bits per heavy atom. The molecule has 0 radical (unpaired) electrons. The first-order valence-corrected chi connectivity index (χ1v) is 10.5. The van der Waals surface area contributed by atoms with Gasteiger partial charge in [-0.3, -0.25) is 19.9 Å². The molecule has 0 saturated heterocycles. The molecule has 1 aromatic carbocycles. The molecule has 1 aliphatic carbocycles. The number of benzene rings is 1. The molecular weight excluding hydrogens is 435 g/mol. The number of fused-ring (bicyclic) bond motifs is 3. The summed E-state index contributed by atoms with van der Waals surface area (Å²) in [5.74, 6) is -0.997. The van der Waals surface area contributed by atoms with Crippen molar-refractivity contribution >= 4 is 28.1 Å². The molecule has 1 N–H and O–H groups in total. The number of nitrogens with zero attached hydrogens (tertiary/aromatic N) is 5. The third-order valence-corrected chi connectivity index (χ3v) is 6.12. The number of thiazole rings is 1. The average molecular weight is 450 g/mol. The van der Waals surface area contributed by atoms with Crippen LogP contribution in [-0.2, 0) is 17.6 Å². The summed E-state index contributed by atoms with van der Waals surface area (Å²) in [4.78, 5) is 31.4. The lowest BCUT2D eigenvalue weighted by molar-refractivity contribution is -0.385. The van der Waals surface area contributed by atoms with Gasteiger partial charge in [0.05, 0.1) is 32.9 Å². The largest absolute Gasteiger partial charge is 0.302 e. The molecule has 9 nitrogen and oxygen atoms in total. The van der Waals surface area contributed by atoms with Crippen molar-refractivity contribution in [3.8, 4) is 27.5 Å². The zero-order chi connectivity index (χ0) is 22.4. The van der Waals surface area contributed by atoms with Crippen LogP contribution in [0.2, 0.25) is 0 Å². The maximum atomic E-state index is 15.0. The molecule has 32 heavy (non-hydrogen) atoms. The lowest BCUT2D eigenvalue weighted by Crippen LogP contribution is -2.07. The number of amides is 1. The molecule has 4 aromatic rings. The summed E-state index contributed by atoms with van der Waals surface area (Å²) in [6.45, 7) is 1.41. The Hall–Kier alpha value is -3.99. The molecule has 3 heterocycles. The molecule has 0 bridgehead atoms. The van der Waals surface area contributed by atoms with Crippen LogP contribution in [0.1, 0.15) is 18.2 Å². The Labute approximate surface area is 184 Å². The number of carbonyl (C=O) groups excluding carboxylic acids is 1. The van der Waals surface area contributed by atoms with E-state index in [2.05, 4.69) is 15.3 Å². The first-order chi connectivity index (χ1) is 15.4. The summed E-state index contributed by atoms with van der Waals surface area (Å²) < 4.78 is 16.4. The van der Waals surface area contributed by atoms with Gasteiger partial charge in [0, 0.05) is 36.5 Å². The monoisotopic (exact) mass is 450 g/mol. The third kappa shape index (κ3) is 3.32. The number of aromatic nitrogens is 4. The minimum Gasteiger partial charge on any atom is -0.302 e. The Morgan fingerprint density at radius 2 is 2.16 bits per heavy atom. The first kappa shape index (κ1) is 19.9. The van der Waals surface area contributed by atoms with Crippen molar-refractivity contribution in [3.63, 3.8) is 0 Å². The van der Waals surface area contributed by atoms with Crippen molar-refractivity contribution in [2.75, 3.05) is 5.32 Å². The second-order valence-electron chi connectivity index (χ2n) is 7.20. The first-order valence-electron chi connectivity index (χ1n) is 9.66. The molecule has 0 aliphatic heterocycles. The maximum absolute atomic E-state index is 15.0. The molecular formula is C21H15FN6O3S. The number of nitrogens with one attached hydrogen (secondary N) is 1. The lowest BCUT2D eigenvalue weighted by Gasteiger charge is -2.14. The van der Waals surface area contributed by atoms with Crippen LogP contribution in [0.15, 0.2) is 42.7 Å². The molecule has 1 aliphatic rings. The van der Waals surface area contributed by atoms with Gasteiger partial charge in [-0.2, -0.15) is 5.10 Å². The summed E-state index contributed by atoms with van der Waals surface area (Å²) in [5, 5.41) is 18.9. The highest BCUT2D eigenvalue weighted by Crippen LogP contribution is 2.44. The molecule has 5 rings (SSSR count). The predicted molar refractivity (Wildman–Crippen MR) is 116 cm³/mol. The van der Waals surface area contributed by atoms with Gasteiger partial charge in [-0.15, -0.1) is 0 Å². The number of aryl methyl sites for hydroxylation is 1. The molecule has 160 valence electrons. The molecule has 0 atom stereocenters. The predicted octanol–water partition coefficient (Wildman–Crippen LogP) is 4.16. The van der Waals surface area contributed by atoms with Gasteiger partial charge in [-0.25, -0.2) is 14.1 Å². The van der Waals surface area contributed by atoms with Gasteiger partial charge in [-0.05, 0) is 31.0 Å². The van der Waals surface area contributed by atoms with E-state index in [1.807, 2.05) is 6.07 Å². The topological polar surface area (TPSA) is 116 Å². The fourth-order valence-electron chi connectivity index (χ4n) is 3.76. The summed E-state index contributed by atoms with van der Waals surface area (Å²) in [6, 6.07) is 7.14. The minimum atomic E-state index is -0.763. The number of pyridine rings is 1. The van der Waals surface area contributed by atoms with Gasteiger partial charge in [0.15, 0.2) is 10.9 Å². The second-order valence-corrected chi connectivity index (χ2v) is 8.20. The van der Waals surface area contributed by atoms with Gasteiger partial charge in [0.1, 0.15) is 5.69 Å². The van der Waals surface area contributed by atoms with Gasteiger partial charge < -0.3 is 5.32 Å². The number of hydrogen-bond acceptors (Lipinski definition) is 7. The van der Waals surface area contributed by atoms with E-state index >= 15 is 0 Å². The number of hydrogen-bond donors (Lipinski definition) is 1. The van der Waals surface area contributed by atoms with Crippen molar-refractivity contribution in [3.05, 3.63) is 69.9 Å². The van der Waals surface area contributed by atoms with Crippen molar-refractivity contribution in [2.45, 2.75) is 19.8 Å². The number of carbonyl (C=O) groups is 1. The molecule has 0 saturated carbocycles. The van der Waals surface area contributed by atoms with Crippen LogP contribution >= 0.6 is 11.3 Å². The van der Waals surface area contributed by atoms with E-state index in [0.717, 1.165) is 27.8 Å². The van der Waals surface area contributed by atoms with Crippen LogP contribution < -0.4 is 5.32 Å². The molecule has 1 amide bonds. The maximum Gasteiger partial charge on any atom is 0.272 e. The average Bonchev–Trinajstić information content (AvgIpc) is 3.34. The van der Waals surface area contributed by atoms with Gasteiger partial charge in [-0.1, -0.05) is 11.3 Å². The van der Waals surface area contributed by atoms with Crippen molar-refractivity contribution in [1.29, 1.82) is 0 Å². The quantitative estimate of drug-likeness (QED) is 0.369. The van der Waals surface area contributed by atoms with E-state index < -0.39 is 10.7 Å².